The second-order valence-corrected chi connectivity index (χ2v) is 7.75. The van der Waals surface area contributed by atoms with E-state index in [0.29, 0.717) is 12.2 Å². The van der Waals surface area contributed by atoms with Crippen molar-refractivity contribution in [1.29, 1.82) is 0 Å². The van der Waals surface area contributed by atoms with Crippen LogP contribution >= 0.6 is 0 Å². The van der Waals surface area contributed by atoms with Gasteiger partial charge in [-0.2, -0.15) is 0 Å². The van der Waals surface area contributed by atoms with E-state index in [0.717, 1.165) is 11.1 Å². The third-order valence-corrected chi connectivity index (χ3v) is 5.28. The van der Waals surface area contributed by atoms with E-state index in [2.05, 4.69) is 4.72 Å². The highest BCUT2D eigenvalue weighted by molar-refractivity contribution is 7.89. The lowest BCUT2D eigenvalue weighted by atomic mass is 10.1. The van der Waals surface area contributed by atoms with Crippen LogP contribution in [-0.4, -0.2) is 39.5 Å². The Balaban J connectivity index is 3.01. The quantitative estimate of drug-likeness (QED) is 0.808. The zero-order valence-corrected chi connectivity index (χ0v) is 13.9. The summed E-state index contributed by atoms with van der Waals surface area (Å²) in [7, 11) is 0.293. The van der Waals surface area contributed by atoms with Crippen LogP contribution in [0.3, 0.4) is 0 Å². The molecular weight excluding hydrogens is 274 g/mol. The standard InChI is InChI=1S/C14H25N3O2S/c1-10-7-12(8-13(15)11(10)2)20(18,19)16-9-14(3,4)17(5)6/h7-8,16H,9,15H2,1-6H3. The van der Waals surface area contributed by atoms with E-state index in [1.165, 1.54) is 6.07 Å². The molecule has 0 aliphatic carbocycles. The summed E-state index contributed by atoms with van der Waals surface area (Å²) in [5, 5.41) is 0. The van der Waals surface area contributed by atoms with Crippen molar-refractivity contribution < 1.29 is 8.42 Å². The zero-order chi connectivity index (χ0) is 15.7. The van der Waals surface area contributed by atoms with Crippen LogP contribution in [-0.2, 0) is 10.0 Å². The second kappa shape index (κ2) is 5.71. The summed E-state index contributed by atoms with van der Waals surface area (Å²) >= 11 is 0. The van der Waals surface area contributed by atoms with Gasteiger partial charge < -0.3 is 10.6 Å². The molecule has 0 bridgehead atoms. The fourth-order valence-corrected chi connectivity index (χ4v) is 2.84. The van der Waals surface area contributed by atoms with Gasteiger partial charge in [-0.1, -0.05) is 0 Å². The van der Waals surface area contributed by atoms with E-state index in [4.69, 9.17) is 5.73 Å². The lowest BCUT2D eigenvalue weighted by molar-refractivity contribution is 0.199. The van der Waals surface area contributed by atoms with E-state index in [9.17, 15) is 8.42 Å². The van der Waals surface area contributed by atoms with Crippen LogP contribution in [0.25, 0.3) is 0 Å². The summed E-state index contributed by atoms with van der Waals surface area (Å²) in [6.07, 6.45) is 0. The molecule has 1 aromatic rings. The molecule has 20 heavy (non-hydrogen) atoms. The van der Waals surface area contributed by atoms with Crippen LogP contribution < -0.4 is 10.5 Å². The fraction of sp³-hybridized carbons (Fsp3) is 0.571. The van der Waals surface area contributed by atoms with Gasteiger partial charge in [-0.05, 0) is 65.0 Å². The van der Waals surface area contributed by atoms with Crippen LogP contribution in [0, 0.1) is 13.8 Å². The number of hydrogen-bond acceptors (Lipinski definition) is 4. The molecule has 3 N–H and O–H groups in total. The zero-order valence-electron chi connectivity index (χ0n) is 13.1. The van der Waals surface area contributed by atoms with E-state index in [-0.39, 0.29) is 10.4 Å². The van der Waals surface area contributed by atoms with E-state index < -0.39 is 10.0 Å². The van der Waals surface area contributed by atoms with Gasteiger partial charge in [0.1, 0.15) is 0 Å². The molecule has 0 fully saturated rings. The van der Waals surface area contributed by atoms with Gasteiger partial charge in [0.05, 0.1) is 4.90 Å². The molecule has 5 nitrogen and oxygen atoms in total. The van der Waals surface area contributed by atoms with Gasteiger partial charge in [0.2, 0.25) is 10.0 Å². The largest absolute Gasteiger partial charge is 0.398 e. The Hall–Kier alpha value is -1.11. The summed E-state index contributed by atoms with van der Waals surface area (Å²) in [6.45, 7) is 8.02. The molecule has 0 saturated carbocycles. The molecule has 0 aliphatic heterocycles. The Morgan fingerprint density at radius 2 is 1.80 bits per heavy atom. The van der Waals surface area contributed by atoms with Crippen LogP contribution in [0.1, 0.15) is 25.0 Å². The number of nitrogens with one attached hydrogen (secondary N) is 1. The smallest absolute Gasteiger partial charge is 0.240 e. The Morgan fingerprint density at radius 3 is 2.25 bits per heavy atom. The molecule has 1 aromatic carbocycles. The van der Waals surface area contributed by atoms with Crippen molar-refractivity contribution in [2.24, 2.45) is 0 Å². The number of likely N-dealkylation sites (N-methyl/N-ethyl adjacent to an activating group) is 1. The van der Waals surface area contributed by atoms with E-state index >= 15 is 0 Å². The third kappa shape index (κ3) is 3.71. The Bertz CT molecular complexity index is 569. The van der Waals surface area contributed by atoms with Crippen LogP contribution in [0.5, 0.6) is 0 Å². The Morgan fingerprint density at radius 1 is 1.25 bits per heavy atom. The van der Waals surface area contributed by atoms with Gasteiger partial charge in [-0.15, -0.1) is 0 Å². The maximum atomic E-state index is 12.3. The number of benzene rings is 1. The topological polar surface area (TPSA) is 75.4 Å². The molecular formula is C14H25N3O2S. The Kier molecular flexibility index (Phi) is 4.84. The highest BCUT2D eigenvalue weighted by Gasteiger charge is 2.24. The SMILES string of the molecule is Cc1cc(S(=O)(=O)NCC(C)(C)N(C)C)cc(N)c1C. The first kappa shape index (κ1) is 16.9. The average molecular weight is 299 g/mol. The van der Waals surface area contributed by atoms with Crippen molar-refractivity contribution in [2.75, 3.05) is 26.4 Å². The molecule has 114 valence electrons. The van der Waals surface area contributed by atoms with E-state index in [1.54, 1.807) is 6.07 Å². The number of sulfonamides is 1. The molecule has 0 saturated heterocycles. The van der Waals surface area contributed by atoms with Crippen molar-refractivity contribution in [3.63, 3.8) is 0 Å². The highest BCUT2D eigenvalue weighted by Crippen LogP contribution is 2.21. The predicted molar refractivity (Wildman–Crippen MR) is 83.3 cm³/mol. The lowest BCUT2D eigenvalue weighted by Crippen LogP contribution is -2.48. The Labute approximate surface area is 122 Å². The van der Waals surface area contributed by atoms with Crippen LogP contribution in [0.15, 0.2) is 17.0 Å². The normalized spacial score (nSPS) is 12.9. The van der Waals surface area contributed by atoms with Crippen molar-refractivity contribution >= 4 is 15.7 Å². The molecule has 0 heterocycles. The molecule has 0 unspecified atom stereocenters. The molecule has 0 aromatic heterocycles. The maximum absolute atomic E-state index is 12.3. The summed E-state index contributed by atoms with van der Waals surface area (Å²) in [6, 6.07) is 3.16. The van der Waals surface area contributed by atoms with Crippen molar-refractivity contribution in [2.45, 2.75) is 38.1 Å². The lowest BCUT2D eigenvalue weighted by Gasteiger charge is -2.32. The van der Waals surface area contributed by atoms with Gasteiger partial charge in [0, 0.05) is 17.8 Å². The second-order valence-electron chi connectivity index (χ2n) is 5.99. The molecule has 0 atom stereocenters. The van der Waals surface area contributed by atoms with Crippen molar-refractivity contribution in [1.82, 2.24) is 9.62 Å². The summed E-state index contributed by atoms with van der Waals surface area (Å²) in [4.78, 5) is 2.19. The minimum absolute atomic E-state index is 0.215. The molecule has 0 radical (unpaired) electrons. The van der Waals surface area contributed by atoms with Crippen molar-refractivity contribution in [3.8, 4) is 0 Å². The first-order valence-electron chi connectivity index (χ1n) is 6.51. The average Bonchev–Trinajstić information content (AvgIpc) is 2.33. The third-order valence-electron chi connectivity index (χ3n) is 3.90. The minimum atomic E-state index is -3.55. The molecule has 6 heteroatoms. The molecule has 0 amide bonds. The van der Waals surface area contributed by atoms with Crippen LogP contribution in [0.4, 0.5) is 5.69 Å². The minimum Gasteiger partial charge on any atom is -0.398 e. The monoisotopic (exact) mass is 299 g/mol. The number of hydrogen-bond donors (Lipinski definition) is 2. The molecule has 0 spiro atoms. The summed E-state index contributed by atoms with van der Waals surface area (Å²) < 4.78 is 27.3. The summed E-state index contributed by atoms with van der Waals surface area (Å²) in [5.41, 5.74) is 7.87. The van der Waals surface area contributed by atoms with Gasteiger partial charge in [-0.25, -0.2) is 13.1 Å². The van der Waals surface area contributed by atoms with E-state index in [1.807, 2.05) is 46.7 Å². The number of nitrogens with zero attached hydrogens (tertiary/aromatic N) is 1. The number of anilines is 1. The van der Waals surface area contributed by atoms with Gasteiger partial charge in [0.25, 0.3) is 0 Å². The fourth-order valence-electron chi connectivity index (χ4n) is 1.52. The van der Waals surface area contributed by atoms with Crippen molar-refractivity contribution in [3.05, 3.63) is 23.3 Å². The van der Waals surface area contributed by atoms with Gasteiger partial charge >= 0.3 is 0 Å². The van der Waals surface area contributed by atoms with Gasteiger partial charge in [-0.3, -0.25) is 0 Å². The first-order valence-corrected chi connectivity index (χ1v) is 7.99. The highest BCUT2D eigenvalue weighted by atomic mass is 32.2. The molecule has 1 rings (SSSR count). The maximum Gasteiger partial charge on any atom is 0.240 e. The number of nitrogens with two attached hydrogens (primary N) is 1. The molecule has 0 aliphatic rings. The number of aryl methyl sites for hydroxylation is 1. The van der Waals surface area contributed by atoms with Gasteiger partial charge in [0.15, 0.2) is 0 Å². The predicted octanol–water partition coefficient (Wildman–Crippen LogP) is 1.50. The summed E-state index contributed by atoms with van der Waals surface area (Å²) in [5.74, 6) is 0. The number of nitrogen functional groups attached to an aromatic ring is 1. The first-order chi connectivity index (χ1) is 8.97. The van der Waals surface area contributed by atoms with Crippen LogP contribution in [0.2, 0.25) is 0 Å². The number of rotatable bonds is 5.